The summed E-state index contributed by atoms with van der Waals surface area (Å²) in [6.07, 6.45) is 1.78. The van der Waals surface area contributed by atoms with Gasteiger partial charge < -0.3 is 10.5 Å². The molecular weight excluding hydrogens is 258 g/mol. The summed E-state index contributed by atoms with van der Waals surface area (Å²) in [5.41, 5.74) is 9.94. The highest BCUT2D eigenvalue weighted by Gasteiger charge is 2.20. The Kier molecular flexibility index (Phi) is 5.40. The fourth-order valence-corrected chi connectivity index (χ4v) is 2.36. The number of hydrogen-bond donors (Lipinski definition) is 1. The van der Waals surface area contributed by atoms with E-state index in [9.17, 15) is 0 Å². The van der Waals surface area contributed by atoms with Crippen molar-refractivity contribution < 1.29 is 4.74 Å². The Morgan fingerprint density at radius 2 is 1.76 bits per heavy atom. The lowest BCUT2D eigenvalue weighted by atomic mass is 9.99. The quantitative estimate of drug-likeness (QED) is 0.852. The van der Waals surface area contributed by atoms with E-state index < -0.39 is 0 Å². The molecule has 0 aliphatic carbocycles. The molecule has 0 bridgehead atoms. The van der Waals surface area contributed by atoms with Crippen LogP contribution in [0.25, 0.3) is 0 Å². The molecule has 2 unspecified atom stereocenters. The largest absolute Gasteiger partial charge is 0.484 e. The maximum atomic E-state index is 6.28. The minimum Gasteiger partial charge on any atom is -0.484 e. The van der Waals surface area contributed by atoms with Crippen molar-refractivity contribution in [1.29, 1.82) is 0 Å². The molecule has 2 atom stereocenters. The zero-order chi connectivity index (χ0) is 15.2. The van der Waals surface area contributed by atoms with E-state index in [1.165, 1.54) is 11.1 Å². The lowest BCUT2D eigenvalue weighted by Gasteiger charge is -2.25. The normalized spacial score (nSPS) is 13.7. The highest BCUT2D eigenvalue weighted by atomic mass is 16.5. The molecule has 0 saturated carbocycles. The smallest absolute Gasteiger partial charge is 0.139 e. The van der Waals surface area contributed by atoms with Crippen molar-refractivity contribution in [2.24, 2.45) is 5.73 Å². The number of benzene rings is 2. The van der Waals surface area contributed by atoms with Crippen LogP contribution in [0.4, 0.5) is 0 Å². The third-order valence-corrected chi connectivity index (χ3v) is 3.84. The van der Waals surface area contributed by atoms with Crippen LogP contribution < -0.4 is 10.5 Å². The first-order valence-corrected chi connectivity index (χ1v) is 7.71. The molecule has 2 heteroatoms. The molecule has 0 spiro atoms. The molecule has 2 N–H and O–H groups in total. The Bertz CT molecular complexity index is 562. The van der Waals surface area contributed by atoms with Crippen LogP contribution in [0.3, 0.4) is 0 Å². The lowest BCUT2D eigenvalue weighted by molar-refractivity contribution is 0.171. The van der Waals surface area contributed by atoms with E-state index in [1.54, 1.807) is 0 Å². The summed E-state index contributed by atoms with van der Waals surface area (Å²) in [5, 5.41) is 0. The zero-order valence-electron chi connectivity index (χ0n) is 13.2. The zero-order valence-corrected chi connectivity index (χ0v) is 13.2. The Labute approximate surface area is 127 Å². The van der Waals surface area contributed by atoms with E-state index in [4.69, 9.17) is 10.5 Å². The van der Waals surface area contributed by atoms with Gasteiger partial charge >= 0.3 is 0 Å². The molecule has 0 radical (unpaired) electrons. The highest BCUT2D eigenvalue weighted by Crippen LogP contribution is 2.26. The van der Waals surface area contributed by atoms with Gasteiger partial charge in [0.2, 0.25) is 0 Å². The molecule has 0 aromatic heterocycles. The average molecular weight is 283 g/mol. The van der Waals surface area contributed by atoms with Crippen LogP contribution in [-0.2, 0) is 6.42 Å². The van der Waals surface area contributed by atoms with Gasteiger partial charge in [-0.1, -0.05) is 55.8 Å². The Morgan fingerprint density at radius 1 is 1.05 bits per heavy atom. The second-order valence-corrected chi connectivity index (χ2v) is 5.52. The van der Waals surface area contributed by atoms with Crippen molar-refractivity contribution in [2.75, 3.05) is 0 Å². The fourth-order valence-electron chi connectivity index (χ4n) is 2.36. The summed E-state index contributed by atoms with van der Waals surface area (Å²) >= 11 is 0. The van der Waals surface area contributed by atoms with Gasteiger partial charge in [0.1, 0.15) is 11.9 Å². The number of nitrogens with two attached hydrogens (primary N) is 1. The third-order valence-electron chi connectivity index (χ3n) is 3.84. The molecule has 2 rings (SSSR count). The predicted octanol–water partition coefficient (Wildman–Crippen LogP) is 4.41. The molecular formula is C19H25NO. The van der Waals surface area contributed by atoms with Gasteiger partial charge in [-0.3, -0.25) is 0 Å². The van der Waals surface area contributed by atoms with Crippen LogP contribution >= 0.6 is 0 Å². The Hall–Kier alpha value is -1.80. The van der Waals surface area contributed by atoms with Gasteiger partial charge in [-0.2, -0.15) is 0 Å². The van der Waals surface area contributed by atoms with Crippen LogP contribution in [0.2, 0.25) is 0 Å². The van der Waals surface area contributed by atoms with E-state index in [2.05, 4.69) is 57.2 Å². The topological polar surface area (TPSA) is 35.2 Å². The van der Waals surface area contributed by atoms with Gasteiger partial charge in [0.15, 0.2) is 0 Å². The number of aryl methyl sites for hydroxylation is 2. The van der Waals surface area contributed by atoms with Crippen LogP contribution in [-0.4, -0.2) is 6.04 Å². The summed E-state index contributed by atoms with van der Waals surface area (Å²) in [4.78, 5) is 0. The first-order chi connectivity index (χ1) is 10.1. The first kappa shape index (κ1) is 15.6. The first-order valence-electron chi connectivity index (χ1n) is 7.71. The second kappa shape index (κ2) is 7.28. The average Bonchev–Trinajstić information content (AvgIpc) is 2.53. The van der Waals surface area contributed by atoms with E-state index in [-0.39, 0.29) is 12.1 Å². The van der Waals surface area contributed by atoms with Gasteiger partial charge in [0.05, 0.1) is 0 Å². The molecule has 2 aromatic carbocycles. The number of hydrogen-bond acceptors (Lipinski definition) is 2. The molecule has 2 aromatic rings. The molecule has 0 heterocycles. The van der Waals surface area contributed by atoms with Gasteiger partial charge in [-0.05, 0) is 43.0 Å². The minimum absolute atomic E-state index is 0.0158. The van der Waals surface area contributed by atoms with Crippen molar-refractivity contribution in [2.45, 2.75) is 45.8 Å². The van der Waals surface area contributed by atoms with E-state index in [0.717, 1.165) is 24.2 Å². The van der Waals surface area contributed by atoms with E-state index in [1.807, 2.05) is 12.1 Å². The van der Waals surface area contributed by atoms with Crippen molar-refractivity contribution in [1.82, 2.24) is 0 Å². The second-order valence-electron chi connectivity index (χ2n) is 5.52. The molecule has 0 aliphatic heterocycles. The highest BCUT2D eigenvalue weighted by molar-refractivity contribution is 5.31. The summed E-state index contributed by atoms with van der Waals surface area (Å²) < 4.78 is 6.21. The van der Waals surface area contributed by atoms with Gasteiger partial charge in [-0.15, -0.1) is 0 Å². The van der Waals surface area contributed by atoms with Crippen LogP contribution in [0.5, 0.6) is 5.75 Å². The molecule has 112 valence electrons. The van der Waals surface area contributed by atoms with Crippen molar-refractivity contribution >= 4 is 0 Å². The summed E-state index contributed by atoms with van der Waals surface area (Å²) in [5.74, 6) is 0.892. The maximum Gasteiger partial charge on any atom is 0.139 e. The fraction of sp³-hybridized carbons (Fsp3) is 0.368. The molecule has 0 saturated heterocycles. The lowest BCUT2D eigenvalue weighted by Crippen LogP contribution is -2.31. The van der Waals surface area contributed by atoms with Crippen molar-refractivity contribution in [3.05, 3.63) is 65.2 Å². The Morgan fingerprint density at radius 3 is 2.38 bits per heavy atom. The predicted molar refractivity (Wildman–Crippen MR) is 88.6 cm³/mol. The molecule has 21 heavy (non-hydrogen) atoms. The molecule has 0 amide bonds. The molecule has 0 aliphatic rings. The van der Waals surface area contributed by atoms with Gasteiger partial charge in [0, 0.05) is 6.04 Å². The van der Waals surface area contributed by atoms with E-state index in [0.29, 0.717) is 0 Å². The van der Waals surface area contributed by atoms with Crippen LogP contribution in [0, 0.1) is 6.92 Å². The molecule has 2 nitrogen and oxygen atoms in total. The van der Waals surface area contributed by atoms with E-state index >= 15 is 0 Å². The minimum atomic E-state index is -0.109. The standard InChI is InChI=1S/C19H25NO/c1-4-15-7-6-8-17(13-15)21-19(18(20)5-2)16-11-9-14(3)10-12-16/h6-13,18-19H,4-5,20H2,1-3H3. The monoisotopic (exact) mass is 283 g/mol. The van der Waals surface area contributed by atoms with Crippen molar-refractivity contribution in [3.8, 4) is 5.75 Å². The van der Waals surface area contributed by atoms with Crippen LogP contribution in [0.1, 0.15) is 43.1 Å². The number of ether oxygens (including phenoxy) is 1. The van der Waals surface area contributed by atoms with Crippen molar-refractivity contribution in [3.63, 3.8) is 0 Å². The summed E-state index contributed by atoms with van der Waals surface area (Å²) in [7, 11) is 0. The third kappa shape index (κ3) is 4.08. The van der Waals surface area contributed by atoms with Gasteiger partial charge in [-0.25, -0.2) is 0 Å². The van der Waals surface area contributed by atoms with Crippen LogP contribution in [0.15, 0.2) is 48.5 Å². The SMILES string of the molecule is CCc1cccc(OC(c2ccc(C)cc2)C(N)CC)c1. The molecule has 0 fully saturated rings. The van der Waals surface area contributed by atoms with Gasteiger partial charge in [0.25, 0.3) is 0 Å². The summed E-state index contributed by atoms with van der Waals surface area (Å²) in [6, 6.07) is 16.7. The summed E-state index contributed by atoms with van der Waals surface area (Å²) in [6.45, 7) is 6.33. The maximum absolute atomic E-state index is 6.28. The number of rotatable bonds is 6. The Balaban J connectivity index is 2.25.